The van der Waals surface area contributed by atoms with E-state index in [0.29, 0.717) is 35.5 Å². The summed E-state index contributed by atoms with van der Waals surface area (Å²) in [5, 5.41) is 3.81. The number of rotatable bonds is 7. The van der Waals surface area contributed by atoms with E-state index in [1.165, 1.54) is 23.4 Å². The number of nitrogens with zero attached hydrogens (tertiary/aromatic N) is 4. The summed E-state index contributed by atoms with van der Waals surface area (Å²) >= 11 is 12.0. The maximum absolute atomic E-state index is 14.7. The molecule has 200 valence electrons. The second-order valence-electron chi connectivity index (χ2n) is 8.80. The van der Waals surface area contributed by atoms with Crippen LogP contribution >= 0.6 is 23.8 Å². The van der Waals surface area contributed by atoms with Crippen LogP contribution in [0, 0.1) is 5.82 Å². The Hall–Kier alpha value is -4.15. The lowest BCUT2D eigenvalue weighted by atomic mass is 9.95. The summed E-state index contributed by atoms with van der Waals surface area (Å²) in [6, 6.07) is 9.68. The molecule has 0 aliphatic heterocycles. The van der Waals surface area contributed by atoms with E-state index in [9.17, 15) is 9.18 Å². The molecule has 0 fully saturated rings. The highest BCUT2D eigenvalue weighted by Crippen LogP contribution is 2.35. The molecule has 1 aliphatic rings. The Kier molecular flexibility index (Phi) is 9.00. The first-order chi connectivity index (χ1) is 18.8. The van der Waals surface area contributed by atoms with Gasteiger partial charge in [0.15, 0.2) is 10.9 Å². The van der Waals surface area contributed by atoms with Gasteiger partial charge >= 0.3 is 0 Å². The Morgan fingerprint density at radius 1 is 1.28 bits per heavy atom. The van der Waals surface area contributed by atoms with E-state index in [2.05, 4.69) is 37.8 Å². The van der Waals surface area contributed by atoms with Gasteiger partial charge in [0, 0.05) is 25.6 Å². The lowest BCUT2D eigenvalue weighted by Crippen LogP contribution is -2.41. The minimum absolute atomic E-state index is 0.244. The number of benzene rings is 1. The van der Waals surface area contributed by atoms with Gasteiger partial charge in [-0.15, -0.1) is 0 Å². The lowest BCUT2D eigenvalue weighted by molar-refractivity contribution is 0.0992. The van der Waals surface area contributed by atoms with Crippen molar-refractivity contribution in [2.45, 2.75) is 25.8 Å². The number of nitrogens with one attached hydrogen (secondary N) is 3. The van der Waals surface area contributed by atoms with Crippen molar-refractivity contribution in [3.63, 3.8) is 0 Å². The number of anilines is 2. The molecule has 11 heteroatoms. The van der Waals surface area contributed by atoms with Crippen LogP contribution in [0.3, 0.4) is 0 Å². The number of hydrogen-bond acceptors (Lipinski definition) is 6. The van der Waals surface area contributed by atoms with Gasteiger partial charge < -0.3 is 10.2 Å². The first kappa shape index (κ1) is 27.9. The van der Waals surface area contributed by atoms with Crippen molar-refractivity contribution in [3.05, 3.63) is 106 Å². The number of allylic oxidation sites excluding steroid dienone is 2. The fraction of sp³-hybridized carbons (Fsp3) is 0.179. The van der Waals surface area contributed by atoms with E-state index >= 15 is 0 Å². The number of hydrazine groups is 1. The van der Waals surface area contributed by atoms with Gasteiger partial charge in [-0.3, -0.25) is 25.6 Å². The third-order valence-corrected chi connectivity index (χ3v) is 6.94. The molecule has 1 aliphatic carbocycles. The maximum atomic E-state index is 14.7. The molecule has 0 bridgehead atoms. The van der Waals surface area contributed by atoms with Crippen LogP contribution in [0.25, 0.3) is 0 Å². The monoisotopic (exact) mass is 563 g/mol. The van der Waals surface area contributed by atoms with Gasteiger partial charge in [0.05, 0.1) is 28.5 Å². The van der Waals surface area contributed by atoms with Crippen LogP contribution in [0.1, 0.15) is 40.9 Å². The zero-order valence-electron chi connectivity index (χ0n) is 21.4. The summed E-state index contributed by atoms with van der Waals surface area (Å²) in [4.78, 5) is 26.3. The zero-order chi connectivity index (χ0) is 27.9. The SMILES string of the molecule is C=N/C=C\C1=C(C)C(NC(=S)NNc2ncc(N(C)C(=O)c3cccnc3)cc2Cl)c2cccc(F)c2CC1. The largest absolute Gasteiger partial charge is 0.351 e. The third-order valence-electron chi connectivity index (χ3n) is 6.43. The summed E-state index contributed by atoms with van der Waals surface area (Å²) in [5.74, 6) is -0.182. The Morgan fingerprint density at radius 3 is 2.82 bits per heavy atom. The number of carbonyl (C=O) groups excluding carboxylic acids is 1. The number of amides is 1. The van der Waals surface area contributed by atoms with Crippen molar-refractivity contribution < 1.29 is 9.18 Å². The van der Waals surface area contributed by atoms with Crippen molar-refractivity contribution in [2.24, 2.45) is 4.99 Å². The smallest absolute Gasteiger partial charge is 0.259 e. The van der Waals surface area contributed by atoms with Crippen LogP contribution in [0.2, 0.25) is 5.02 Å². The molecule has 3 aromatic rings. The molecular weight excluding hydrogens is 537 g/mol. The number of aliphatic imine (C=N–C) groups is 1. The topological polar surface area (TPSA) is 94.5 Å². The highest BCUT2D eigenvalue weighted by Gasteiger charge is 2.25. The molecule has 1 unspecified atom stereocenters. The summed E-state index contributed by atoms with van der Waals surface area (Å²) in [7, 11) is 1.63. The Bertz CT molecular complexity index is 1460. The molecule has 2 aromatic heterocycles. The zero-order valence-corrected chi connectivity index (χ0v) is 23.0. The molecule has 1 atom stereocenters. The van der Waals surface area contributed by atoms with Crippen LogP contribution < -0.4 is 21.1 Å². The van der Waals surface area contributed by atoms with Gasteiger partial charge in [-0.05, 0) is 91.3 Å². The molecule has 4 rings (SSSR count). The van der Waals surface area contributed by atoms with Gasteiger partial charge in [-0.1, -0.05) is 23.7 Å². The number of hydrogen-bond donors (Lipinski definition) is 3. The predicted molar refractivity (Wildman–Crippen MR) is 158 cm³/mol. The normalized spacial score (nSPS) is 14.8. The number of carbonyl (C=O) groups is 1. The molecule has 0 saturated heterocycles. The van der Waals surface area contributed by atoms with E-state index in [1.54, 1.807) is 43.7 Å². The highest BCUT2D eigenvalue weighted by atomic mass is 35.5. The molecule has 0 saturated carbocycles. The van der Waals surface area contributed by atoms with E-state index in [-0.39, 0.29) is 27.9 Å². The molecule has 3 N–H and O–H groups in total. The average molecular weight is 564 g/mol. The summed E-state index contributed by atoms with van der Waals surface area (Å²) in [6.07, 6.45) is 9.33. The second-order valence-corrected chi connectivity index (χ2v) is 9.62. The Morgan fingerprint density at radius 2 is 2.10 bits per heavy atom. The molecule has 0 spiro atoms. The van der Waals surface area contributed by atoms with Crippen LogP contribution in [0.15, 0.2) is 83.4 Å². The van der Waals surface area contributed by atoms with Crippen LogP contribution in [-0.2, 0) is 6.42 Å². The predicted octanol–water partition coefficient (Wildman–Crippen LogP) is 5.56. The van der Waals surface area contributed by atoms with Crippen LogP contribution in [0.4, 0.5) is 15.9 Å². The van der Waals surface area contributed by atoms with E-state index in [0.717, 1.165) is 16.7 Å². The summed E-state index contributed by atoms with van der Waals surface area (Å²) in [6.45, 7) is 5.48. The maximum Gasteiger partial charge on any atom is 0.259 e. The van der Waals surface area contributed by atoms with Gasteiger partial charge in [-0.25, -0.2) is 9.37 Å². The first-order valence-electron chi connectivity index (χ1n) is 12.1. The fourth-order valence-electron chi connectivity index (χ4n) is 4.32. The van der Waals surface area contributed by atoms with Crippen LogP contribution in [0.5, 0.6) is 0 Å². The molecule has 1 aromatic carbocycles. The van der Waals surface area contributed by atoms with Crippen molar-refractivity contribution in [1.29, 1.82) is 0 Å². The van der Waals surface area contributed by atoms with Gasteiger partial charge in [0.2, 0.25) is 0 Å². The molecule has 8 nitrogen and oxygen atoms in total. The lowest BCUT2D eigenvalue weighted by Gasteiger charge is -2.24. The average Bonchev–Trinajstić information content (AvgIpc) is 3.07. The number of fused-ring (bicyclic) bond motifs is 1. The molecular formula is C28H27ClFN7OS. The first-order valence-corrected chi connectivity index (χ1v) is 12.8. The van der Waals surface area contributed by atoms with Crippen LogP contribution in [-0.4, -0.2) is 34.8 Å². The minimum Gasteiger partial charge on any atom is -0.351 e. The number of thiocarbonyl (C=S) groups is 1. The van der Waals surface area contributed by atoms with E-state index in [1.807, 2.05) is 19.1 Å². The third kappa shape index (κ3) is 6.47. The Labute approximate surface area is 236 Å². The highest BCUT2D eigenvalue weighted by molar-refractivity contribution is 7.80. The number of halogens is 2. The Balaban J connectivity index is 1.47. The fourth-order valence-corrected chi connectivity index (χ4v) is 4.69. The molecule has 39 heavy (non-hydrogen) atoms. The molecule has 1 amide bonds. The number of aromatic nitrogens is 2. The van der Waals surface area contributed by atoms with Crippen molar-refractivity contribution >= 4 is 53.1 Å². The minimum atomic E-state index is -0.373. The second kappa shape index (κ2) is 12.6. The van der Waals surface area contributed by atoms with Gasteiger partial charge in [-0.2, -0.15) is 0 Å². The summed E-state index contributed by atoms with van der Waals surface area (Å²) < 4.78 is 14.7. The quantitative estimate of drug-likeness (QED) is 0.197. The van der Waals surface area contributed by atoms with Gasteiger partial charge in [0.25, 0.3) is 5.91 Å². The summed E-state index contributed by atoms with van der Waals surface area (Å²) in [5.41, 5.74) is 10.2. The van der Waals surface area contributed by atoms with E-state index in [4.69, 9.17) is 23.8 Å². The molecule has 0 radical (unpaired) electrons. The number of pyridine rings is 2. The van der Waals surface area contributed by atoms with Crippen molar-refractivity contribution in [2.75, 3.05) is 17.4 Å². The van der Waals surface area contributed by atoms with E-state index < -0.39 is 0 Å². The standard InChI is InChI=1S/C28H27ClFN7OS/c1-17-18(11-13-31-2)9-10-21-22(7-4-8-24(21)30)25(17)34-28(39)36-35-26-23(29)14-20(16-33-26)37(3)27(38)19-6-5-12-32-15-19/h4-8,11-16,25H,2,9-10H2,1,3H3,(H,33,35)(H2,34,36,39)/b13-11-. The molecule has 2 heterocycles. The van der Waals surface area contributed by atoms with Gasteiger partial charge in [0.1, 0.15) is 5.82 Å². The van der Waals surface area contributed by atoms with Crippen molar-refractivity contribution in [1.82, 2.24) is 20.7 Å². The van der Waals surface area contributed by atoms with Crippen molar-refractivity contribution in [3.8, 4) is 0 Å².